The fourth-order valence-corrected chi connectivity index (χ4v) is 5.71. The molecule has 0 N–H and O–H groups in total. The van der Waals surface area contributed by atoms with Gasteiger partial charge in [-0.1, -0.05) is 13.3 Å². The zero-order chi connectivity index (χ0) is 25.7. The van der Waals surface area contributed by atoms with E-state index >= 15 is 0 Å². The summed E-state index contributed by atoms with van der Waals surface area (Å²) < 4.78 is 75.2. The Morgan fingerprint density at radius 1 is 0.722 bits per heavy atom. The molecule has 0 aliphatic heterocycles. The maximum absolute atomic E-state index is 14.9. The minimum atomic E-state index is -1.28. The lowest BCUT2D eigenvalue weighted by molar-refractivity contribution is -0.0229. The number of halogens is 4. The van der Waals surface area contributed by atoms with E-state index in [1.165, 1.54) is 24.3 Å². The van der Waals surface area contributed by atoms with Crippen molar-refractivity contribution in [2.24, 2.45) is 17.8 Å². The van der Waals surface area contributed by atoms with Crippen LogP contribution in [0, 0.1) is 41.0 Å². The highest BCUT2D eigenvalue weighted by molar-refractivity contribution is 5.67. The van der Waals surface area contributed by atoms with Gasteiger partial charge in [0, 0.05) is 17.7 Å². The Hall–Kier alpha value is -2.28. The lowest BCUT2D eigenvalue weighted by atomic mass is 9.67. The van der Waals surface area contributed by atoms with Crippen molar-refractivity contribution in [3.63, 3.8) is 0 Å². The topological polar surface area (TPSA) is 27.7 Å². The fraction of sp³-hybridized carbons (Fsp3) is 0.586. The summed E-state index contributed by atoms with van der Waals surface area (Å²) in [4.78, 5) is 0. The molecule has 3 nitrogen and oxygen atoms in total. The van der Waals surface area contributed by atoms with Crippen LogP contribution < -0.4 is 9.47 Å². The second-order valence-electron chi connectivity index (χ2n) is 10.1. The third kappa shape index (κ3) is 5.99. The molecule has 4 rings (SSSR count). The molecule has 0 heterocycles. The predicted octanol–water partition coefficient (Wildman–Crippen LogP) is 8.09. The molecule has 2 aromatic carbocycles. The van der Waals surface area contributed by atoms with Crippen LogP contribution in [0.2, 0.25) is 0 Å². The normalized spacial score (nSPS) is 23.8. The maximum Gasteiger partial charge on any atom is 0.201 e. The first kappa shape index (κ1) is 26.8. The second kappa shape index (κ2) is 12.3. The molecular weight excluding hydrogens is 472 g/mol. The summed E-state index contributed by atoms with van der Waals surface area (Å²) >= 11 is 0. The Labute approximate surface area is 211 Å². The summed E-state index contributed by atoms with van der Waals surface area (Å²) in [5.74, 6) is -3.88. The highest BCUT2D eigenvalue weighted by Gasteiger charge is 2.36. The molecule has 2 saturated carbocycles. The van der Waals surface area contributed by atoms with Crippen molar-refractivity contribution in [3.05, 3.63) is 47.5 Å². The zero-order valence-electron chi connectivity index (χ0n) is 21.1. The molecule has 0 aromatic heterocycles. The van der Waals surface area contributed by atoms with Gasteiger partial charge < -0.3 is 14.2 Å². The summed E-state index contributed by atoms with van der Waals surface area (Å²) in [6, 6.07) is 4.90. The first-order valence-electron chi connectivity index (χ1n) is 13.3. The fourth-order valence-electron chi connectivity index (χ4n) is 5.71. The van der Waals surface area contributed by atoms with Crippen LogP contribution in [0.15, 0.2) is 24.3 Å². The molecule has 2 fully saturated rings. The Kier molecular flexibility index (Phi) is 9.15. The van der Waals surface area contributed by atoms with Gasteiger partial charge in [-0.2, -0.15) is 8.78 Å². The average Bonchev–Trinajstić information content (AvgIpc) is 2.88. The van der Waals surface area contributed by atoms with E-state index in [1.807, 2.05) is 0 Å². The molecule has 0 bridgehead atoms. The Morgan fingerprint density at radius 2 is 1.33 bits per heavy atom. The van der Waals surface area contributed by atoms with Crippen LogP contribution >= 0.6 is 0 Å². The predicted molar refractivity (Wildman–Crippen MR) is 131 cm³/mol. The number of rotatable bonds is 10. The van der Waals surface area contributed by atoms with Gasteiger partial charge in [0.1, 0.15) is 0 Å². The van der Waals surface area contributed by atoms with Gasteiger partial charge >= 0.3 is 0 Å². The van der Waals surface area contributed by atoms with E-state index in [1.54, 1.807) is 6.92 Å². The summed E-state index contributed by atoms with van der Waals surface area (Å²) in [5, 5.41) is 0. The Balaban J connectivity index is 1.35. The number of hydrogen-bond donors (Lipinski definition) is 0. The second-order valence-corrected chi connectivity index (χ2v) is 10.1. The van der Waals surface area contributed by atoms with Crippen molar-refractivity contribution >= 4 is 0 Å². The van der Waals surface area contributed by atoms with Crippen LogP contribution in [0.5, 0.6) is 11.5 Å². The first-order valence-corrected chi connectivity index (χ1v) is 13.3. The molecule has 2 aliphatic rings. The zero-order valence-corrected chi connectivity index (χ0v) is 21.1. The molecule has 7 heteroatoms. The highest BCUT2D eigenvalue weighted by atomic mass is 19.2. The summed E-state index contributed by atoms with van der Waals surface area (Å²) in [7, 11) is 0. The molecule has 0 amide bonds. The SMILES string of the molecule is CCCCOC1CCC2CC(COc3ccc(-c4ccc(OCC)c(F)c4F)c(F)c3F)CCC2C1. The molecule has 36 heavy (non-hydrogen) atoms. The standard InChI is InChI=1S/C29H36F4O3/c1-3-5-14-35-21-9-8-19-15-18(6-7-20(19)16-21)17-36-25-13-11-23(27(31)29(25)33)22-10-12-24(34-4-2)28(32)26(22)30/h10-13,18-21H,3-9,14-17H2,1-2H3. The number of ether oxygens (including phenoxy) is 3. The molecule has 0 spiro atoms. The Morgan fingerprint density at radius 3 is 1.97 bits per heavy atom. The lowest BCUT2D eigenvalue weighted by Gasteiger charge is -2.42. The van der Waals surface area contributed by atoms with Gasteiger partial charge in [-0.05, 0) is 93.9 Å². The molecular formula is C29H36F4O3. The van der Waals surface area contributed by atoms with E-state index in [2.05, 4.69) is 6.92 Å². The van der Waals surface area contributed by atoms with Crippen LogP contribution in [0.1, 0.15) is 65.2 Å². The van der Waals surface area contributed by atoms with Crippen molar-refractivity contribution in [2.45, 2.75) is 71.3 Å². The highest BCUT2D eigenvalue weighted by Crippen LogP contribution is 2.44. The van der Waals surface area contributed by atoms with E-state index in [0.717, 1.165) is 58.0 Å². The van der Waals surface area contributed by atoms with Crippen molar-refractivity contribution in [2.75, 3.05) is 19.8 Å². The van der Waals surface area contributed by atoms with Gasteiger partial charge in [0.15, 0.2) is 23.1 Å². The van der Waals surface area contributed by atoms with E-state index in [-0.39, 0.29) is 35.2 Å². The van der Waals surface area contributed by atoms with Gasteiger partial charge in [-0.3, -0.25) is 0 Å². The number of benzene rings is 2. The van der Waals surface area contributed by atoms with Crippen molar-refractivity contribution in [3.8, 4) is 22.6 Å². The summed E-state index contributed by atoms with van der Waals surface area (Å²) in [5.41, 5.74) is -0.732. The van der Waals surface area contributed by atoms with Gasteiger partial charge in [0.2, 0.25) is 11.6 Å². The van der Waals surface area contributed by atoms with Crippen molar-refractivity contribution < 1.29 is 31.8 Å². The number of fused-ring (bicyclic) bond motifs is 1. The van der Waals surface area contributed by atoms with Crippen LogP contribution in [0.4, 0.5) is 17.6 Å². The molecule has 4 unspecified atom stereocenters. The Bertz CT molecular complexity index is 1030. The van der Waals surface area contributed by atoms with Gasteiger partial charge in [-0.15, -0.1) is 0 Å². The number of unbranched alkanes of at least 4 members (excludes halogenated alkanes) is 1. The van der Waals surface area contributed by atoms with E-state index in [4.69, 9.17) is 14.2 Å². The van der Waals surface area contributed by atoms with Crippen LogP contribution in [0.25, 0.3) is 11.1 Å². The van der Waals surface area contributed by atoms with Crippen LogP contribution in [-0.2, 0) is 4.74 Å². The van der Waals surface area contributed by atoms with Crippen LogP contribution in [0.3, 0.4) is 0 Å². The van der Waals surface area contributed by atoms with Crippen molar-refractivity contribution in [1.29, 1.82) is 0 Å². The van der Waals surface area contributed by atoms with Gasteiger partial charge in [-0.25, -0.2) is 8.78 Å². The molecule has 0 saturated heterocycles. The minimum Gasteiger partial charge on any atom is -0.491 e. The van der Waals surface area contributed by atoms with E-state index in [0.29, 0.717) is 24.5 Å². The number of hydrogen-bond acceptors (Lipinski definition) is 3. The quantitative estimate of drug-likeness (QED) is 0.240. The third-order valence-corrected chi connectivity index (χ3v) is 7.68. The summed E-state index contributed by atoms with van der Waals surface area (Å²) in [6.45, 7) is 5.11. The molecule has 4 atom stereocenters. The van der Waals surface area contributed by atoms with Gasteiger partial charge in [0.25, 0.3) is 0 Å². The molecule has 2 aromatic rings. The largest absolute Gasteiger partial charge is 0.491 e. The van der Waals surface area contributed by atoms with Crippen LogP contribution in [-0.4, -0.2) is 25.9 Å². The maximum atomic E-state index is 14.9. The van der Waals surface area contributed by atoms with E-state index in [9.17, 15) is 17.6 Å². The van der Waals surface area contributed by atoms with Gasteiger partial charge in [0.05, 0.1) is 19.3 Å². The van der Waals surface area contributed by atoms with Crippen molar-refractivity contribution in [1.82, 2.24) is 0 Å². The average molecular weight is 509 g/mol. The smallest absolute Gasteiger partial charge is 0.201 e. The third-order valence-electron chi connectivity index (χ3n) is 7.68. The summed E-state index contributed by atoms with van der Waals surface area (Å²) in [6.07, 6.45) is 9.07. The minimum absolute atomic E-state index is 0.154. The molecule has 0 radical (unpaired) electrons. The molecule has 2 aliphatic carbocycles. The molecule has 198 valence electrons. The monoisotopic (exact) mass is 508 g/mol. The lowest BCUT2D eigenvalue weighted by Crippen LogP contribution is -2.35. The first-order chi connectivity index (χ1) is 17.4. The van der Waals surface area contributed by atoms with E-state index < -0.39 is 23.3 Å².